The minimum absolute atomic E-state index is 0.128. The van der Waals surface area contributed by atoms with Crippen LogP contribution in [0.25, 0.3) is 5.57 Å². The Balaban J connectivity index is 2.45. The van der Waals surface area contributed by atoms with E-state index < -0.39 is 35.9 Å². The van der Waals surface area contributed by atoms with Crippen molar-refractivity contribution >= 4 is 5.57 Å². The van der Waals surface area contributed by atoms with Gasteiger partial charge in [0.2, 0.25) is 0 Å². The first-order chi connectivity index (χ1) is 13.4. The number of nitrogens with zero attached hydrogens (tertiary/aromatic N) is 1. The summed E-state index contributed by atoms with van der Waals surface area (Å²) in [5, 5.41) is 20.0. The fourth-order valence-corrected chi connectivity index (χ4v) is 3.34. The van der Waals surface area contributed by atoms with Crippen molar-refractivity contribution in [2.45, 2.75) is 43.9 Å². The first-order valence-electron chi connectivity index (χ1n) is 8.89. The quantitative estimate of drug-likeness (QED) is 0.520. The van der Waals surface area contributed by atoms with Crippen molar-refractivity contribution in [1.82, 2.24) is 0 Å². The molecule has 0 amide bonds. The maximum atomic E-state index is 13.9. The van der Waals surface area contributed by atoms with Gasteiger partial charge >= 0.3 is 6.18 Å². The SMILES string of the molecule is CC(C)(CC(O)(C/C(N)=C(\C#N)c1ccccc1)C(F)(F)F)c1cccc(F)c1. The molecule has 0 saturated carbocycles. The third-order valence-electron chi connectivity index (χ3n) is 4.85. The molecule has 1 atom stereocenters. The van der Waals surface area contributed by atoms with Crippen LogP contribution >= 0.6 is 0 Å². The molecule has 0 aliphatic rings. The fraction of sp³-hybridized carbons (Fsp3) is 0.318. The molecule has 0 spiro atoms. The van der Waals surface area contributed by atoms with Crippen LogP contribution in [-0.2, 0) is 5.41 Å². The lowest BCUT2D eigenvalue weighted by Gasteiger charge is -2.38. The molecule has 1 unspecified atom stereocenters. The number of aliphatic hydroxyl groups is 1. The largest absolute Gasteiger partial charge is 0.417 e. The summed E-state index contributed by atoms with van der Waals surface area (Å²) in [5.74, 6) is -0.582. The average Bonchev–Trinajstić information content (AvgIpc) is 2.61. The lowest BCUT2D eigenvalue weighted by Crippen LogP contribution is -2.50. The summed E-state index contributed by atoms with van der Waals surface area (Å²) in [6.07, 6.45) is -6.76. The van der Waals surface area contributed by atoms with E-state index in [1.165, 1.54) is 32.0 Å². The summed E-state index contributed by atoms with van der Waals surface area (Å²) in [6, 6.07) is 15.1. The molecule has 3 N–H and O–H groups in total. The molecule has 7 heteroatoms. The summed E-state index contributed by atoms with van der Waals surface area (Å²) in [7, 11) is 0. The highest BCUT2D eigenvalue weighted by Crippen LogP contribution is 2.44. The van der Waals surface area contributed by atoms with Crippen molar-refractivity contribution in [3.8, 4) is 6.07 Å². The van der Waals surface area contributed by atoms with Crippen LogP contribution in [0, 0.1) is 17.1 Å². The van der Waals surface area contributed by atoms with E-state index in [0.717, 1.165) is 6.07 Å². The lowest BCUT2D eigenvalue weighted by atomic mass is 9.73. The van der Waals surface area contributed by atoms with Gasteiger partial charge in [0.15, 0.2) is 5.60 Å². The second-order valence-electron chi connectivity index (χ2n) is 7.66. The van der Waals surface area contributed by atoms with Crippen LogP contribution in [0.2, 0.25) is 0 Å². The maximum Gasteiger partial charge on any atom is 0.417 e. The number of rotatable bonds is 6. The predicted octanol–water partition coefficient (Wildman–Crippen LogP) is 5.07. The molecule has 29 heavy (non-hydrogen) atoms. The number of nitriles is 1. The first-order valence-corrected chi connectivity index (χ1v) is 8.89. The van der Waals surface area contributed by atoms with Crippen molar-refractivity contribution in [2.24, 2.45) is 5.73 Å². The van der Waals surface area contributed by atoms with Crippen LogP contribution in [0.4, 0.5) is 17.6 Å². The Morgan fingerprint density at radius 1 is 1.07 bits per heavy atom. The van der Waals surface area contributed by atoms with Crippen LogP contribution in [0.1, 0.15) is 37.8 Å². The number of halogens is 4. The molecule has 2 rings (SSSR count). The Hall–Kier alpha value is -2.85. The minimum atomic E-state index is -5.01. The van der Waals surface area contributed by atoms with Crippen molar-refractivity contribution in [2.75, 3.05) is 0 Å². The average molecular weight is 406 g/mol. The molecule has 0 aliphatic carbocycles. The van der Waals surface area contributed by atoms with Gasteiger partial charge in [0.25, 0.3) is 0 Å². The number of hydrogen-bond donors (Lipinski definition) is 2. The molecule has 0 heterocycles. The van der Waals surface area contributed by atoms with Crippen molar-refractivity contribution in [3.05, 3.63) is 77.2 Å². The molecule has 0 bridgehead atoms. The van der Waals surface area contributed by atoms with Gasteiger partial charge in [-0.2, -0.15) is 18.4 Å². The van der Waals surface area contributed by atoms with Gasteiger partial charge in [-0.3, -0.25) is 0 Å². The molecule has 154 valence electrons. The van der Waals surface area contributed by atoms with E-state index in [1.807, 2.05) is 6.07 Å². The molecule has 3 nitrogen and oxygen atoms in total. The van der Waals surface area contributed by atoms with E-state index in [0.29, 0.717) is 11.1 Å². The van der Waals surface area contributed by atoms with Gasteiger partial charge in [0, 0.05) is 12.1 Å². The molecule has 0 fully saturated rings. The topological polar surface area (TPSA) is 70.0 Å². The normalized spacial score (nSPS) is 15.2. The lowest BCUT2D eigenvalue weighted by molar-refractivity contribution is -0.266. The van der Waals surface area contributed by atoms with Gasteiger partial charge in [-0.05, 0) is 35.1 Å². The molecular weight excluding hydrogens is 384 g/mol. The van der Waals surface area contributed by atoms with E-state index in [9.17, 15) is 27.9 Å². The zero-order chi connectivity index (χ0) is 21.9. The highest BCUT2D eigenvalue weighted by Gasteiger charge is 2.56. The van der Waals surface area contributed by atoms with Gasteiger partial charge < -0.3 is 10.8 Å². The third-order valence-corrected chi connectivity index (χ3v) is 4.85. The van der Waals surface area contributed by atoms with Gasteiger partial charge in [0.1, 0.15) is 11.9 Å². The third kappa shape index (κ3) is 5.15. The van der Waals surface area contributed by atoms with Gasteiger partial charge in [-0.15, -0.1) is 0 Å². The highest BCUT2D eigenvalue weighted by atomic mass is 19.4. The van der Waals surface area contributed by atoms with E-state index in [1.54, 1.807) is 30.3 Å². The summed E-state index contributed by atoms with van der Waals surface area (Å²) in [5.41, 5.74) is 1.62. The Bertz CT molecular complexity index is 930. The van der Waals surface area contributed by atoms with Gasteiger partial charge in [-0.1, -0.05) is 56.3 Å². The molecule has 0 aromatic heterocycles. The van der Waals surface area contributed by atoms with Crippen LogP contribution in [0.3, 0.4) is 0 Å². The Morgan fingerprint density at radius 3 is 2.21 bits per heavy atom. The highest BCUT2D eigenvalue weighted by molar-refractivity contribution is 5.78. The van der Waals surface area contributed by atoms with Crippen LogP contribution < -0.4 is 5.73 Å². The predicted molar refractivity (Wildman–Crippen MR) is 103 cm³/mol. The van der Waals surface area contributed by atoms with Gasteiger partial charge in [-0.25, -0.2) is 4.39 Å². The molecular formula is C22H22F4N2O. The van der Waals surface area contributed by atoms with E-state index >= 15 is 0 Å². The monoisotopic (exact) mass is 406 g/mol. The second kappa shape index (κ2) is 8.26. The zero-order valence-corrected chi connectivity index (χ0v) is 16.1. The minimum Gasteiger partial charge on any atom is -0.401 e. The second-order valence-corrected chi connectivity index (χ2v) is 7.66. The molecule has 2 aromatic rings. The van der Waals surface area contributed by atoms with Gasteiger partial charge in [0.05, 0.1) is 5.57 Å². The molecule has 0 aliphatic heterocycles. The first kappa shape index (κ1) is 22.4. The van der Waals surface area contributed by atoms with Crippen molar-refractivity contribution < 1.29 is 22.7 Å². The smallest absolute Gasteiger partial charge is 0.401 e. The maximum absolute atomic E-state index is 13.9. The van der Waals surface area contributed by atoms with E-state index in [4.69, 9.17) is 5.73 Å². The van der Waals surface area contributed by atoms with E-state index in [-0.39, 0.29) is 11.3 Å². The Kier molecular flexibility index (Phi) is 6.39. The van der Waals surface area contributed by atoms with Crippen LogP contribution in [0.5, 0.6) is 0 Å². The Labute approximate surface area is 167 Å². The van der Waals surface area contributed by atoms with Crippen molar-refractivity contribution in [1.29, 1.82) is 5.26 Å². The number of hydrogen-bond acceptors (Lipinski definition) is 3. The number of nitrogens with two attached hydrogens (primary N) is 1. The molecule has 2 aromatic carbocycles. The molecule has 0 saturated heterocycles. The number of allylic oxidation sites excluding steroid dienone is 1. The number of benzene rings is 2. The zero-order valence-electron chi connectivity index (χ0n) is 16.1. The van der Waals surface area contributed by atoms with Crippen LogP contribution in [-0.4, -0.2) is 16.9 Å². The fourth-order valence-electron chi connectivity index (χ4n) is 3.34. The summed E-state index contributed by atoms with van der Waals surface area (Å²) < 4.78 is 55.2. The van der Waals surface area contributed by atoms with Crippen LogP contribution in [0.15, 0.2) is 60.3 Å². The van der Waals surface area contributed by atoms with Crippen molar-refractivity contribution in [3.63, 3.8) is 0 Å². The standard InChI is InChI=1S/C22H22F4N2O/c1-20(2,16-9-6-10-17(23)11-16)14-21(29,22(24,25)26)12-19(28)18(13-27)15-7-4-3-5-8-15/h3-11,29H,12,14,28H2,1-2H3/b19-18-. The summed E-state index contributed by atoms with van der Waals surface area (Å²) in [4.78, 5) is 0. The Morgan fingerprint density at radius 2 is 1.69 bits per heavy atom. The summed E-state index contributed by atoms with van der Waals surface area (Å²) >= 11 is 0. The molecule has 0 radical (unpaired) electrons. The summed E-state index contributed by atoms with van der Waals surface area (Å²) in [6.45, 7) is 2.97. The van der Waals surface area contributed by atoms with E-state index in [2.05, 4.69) is 0 Å². The number of alkyl halides is 3.